The number of rotatable bonds is 9. The Morgan fingerprint density at radius 3 is 2.55 bits per heavy atom. The van der Waals surface area contributed by atoms with E-state index in [1.165, 1.54) is 0 Å². The molecule has 3 unspecified atom stereocenters. The van der Waals surface area contributed by atoms with Gasteiger partial charge >= 0.3 is 0 Å². The van der Waals surface area contributed by atoms with E-state index in [0.717, 1.165) is 16.9 Å². The summed E-state index contributed by atoms with van der Waals surface area (Å²) in [5.41, 5.74) is 1.06. The van der Waals surface area contributed by atoms with Crippen LogP contribution in [0.1, 0.15) is 42.6 Å². The van der Waals surface area contributed by atoms with Gasteiger partial charge in [-0.05, 0) is 48.7 Å². The van der Waals surface area contributed by atoms with Crippen molar-refractivity contribution in [1.29, 1.82) is 0 Å². The van der Waals surface area contributed by atoms with Crippen molar-refractivity contribution in [3.8, 4) is 11.5 Å². The van der Waals surface area contributed by atoms with Crippen LogP contribution in [-0.4, -0.2) is 61.1 Å². The predicted molar refractivity (Wildman–Crippen MR) is 122 cm³/mol. The summed E-state index contributed by atoms with van der Waals surface area (Å²) in [5, 5.41) is 20.4. The van der Waals surface area contributed by atoms with Crippen molar-refractivity contribution in [3.05, 3.63) is 58.1 Å². The molecule has 3 atom stereocenters. The zero-order chi connectivity index (χ0) is 23.4. The number of hydrogen-bond acceptors (Lipinski definition) is 6. The molecule has 8 heteroatoms. The third-order valence-corrected chi connectivity index (χ3v) is 6.30. The first-order valence-electron chi connectivity index (χ1n) is 11.3. The fourth-order valence-electron chi connectivity index (χ4n) is 4.14. The van der Waals surface area contributed by atoms with Crippen LogP contribution >= 0.6 is 11.6 Å². The average Bonchev–Trinajstić information content (AvgIpc) is 2.78. The first kappa shape index (κ1) is 24.2. The van der Waals surface area contributed by atoms with Gasteiger partial charge in [-0.2, -0.15) is 0 Å². The molecule has 2 aromatic carbocycles. The summed E-state index contributed by atoms with van der Waals surface area (Å²) in [6.07, 6.45) is -0.332. The van der Waals surface area contributed by atoms with E-state index in [2.05, 4.69) is 0 Å². The standard InChI is InChI=1S/C25H30ClFO6/c1-2-31-19-5-3-16(4-6-19)7-17-8-21(24-10-18(29)9-20(12-28)33-24)23(11-22(17)26)32-15-25(27)13-30-14-25/h3-6,8,11,18,20,24,28-29H,2,7,9-10,12-15H2,1H3. The first-order valence-corrected chi connectivity index (χ1v) is 11.6. The number of halogens is 2. The number of hydrogen-bond donors (Lipinski definition) is 2. The van der Waals surface area contributed by atoms with Crippen LogP contribution in [0.15, 0.2) is 36.4 Å². The van der Waals surface area contributed by atoms with Gasteiger partial charge in [0, 0.05) is 23.4 Å². The van der Waals surface area contributed by atoms with E-state index in [0.29, 0.717) is 42.2 Å². The third-order valence-electron chi connectivity index (χ3n) is 5.94. The fraction of sp³-hybridized carbons (Fsp3) is 0.520. The average molecular weight is 481 g/mol. The van der Waals surface area contributed by atoms with Crippen LogP contribution in [0.3, 0.4) is 0 Å². The quantitative estimate of drug-likeness (QED) is 0.564. The van der Waals surface area contributed by atoms with Gasteiger partial charge in [-0.25, -0.2) is 4.39 Å². The van der Waals surface area contributed by atoms with Crippen molar-refractivity contribution in [1.82, 2.24) is 0 Å². The molecule has 33 heavy (non-hydrogen) atoms. The second-order valence-electron chi connectivity index (χ2n) is 8.72. The summed E-state index contributed by atoms with van der Waals surface area (Å²) in [6, 6.07) is 11.4. The summed E-state index contributed by atoms with van der Waals surface area (Å²) >= 11 is 6.60. The Hall–Kier alpha value is -1.90. The summed E-state index contributed by atoms with van der Waals surface area (Å²) in [7, 11) is 0. The molecule has 2 fully saturated rings. The van der Waals surface area contributed by atoms with Gasteiger partial charge in [0.15, 0.2) is 5.67 Å². The monoisotopic (exact) mass is 480 g/mol. The van der Waals surface area contributed by atoms with Crippen molar-refractivity contribution < 1.29 is 33.6 Å². The van der Waals surface area contributed by atoms with E-state index < -0.39 is 24.0 Å². The van der Waals surface area contributed by atoms with E-state index in [4.69, 9.17) is 30.5 Å². The van der Waals surface area contributed by atoms with Crippen LogP contribution in [0, 0.1) is 0 Å². The van der Waals surface area contributed by atoms with Gasteiger partial charge in [-0.15, -0.1) is 0 Å². The topological polar surface area (TPSA) is 77.4 Å². The molecule has 2 aliphatic rings. The third kappa shape index (κ3) is 5.97. The number of alkyl halides is 1. The number of aliphatic hydroxyl groups excluding tert-OH is 2. The Morgan fingerprint density at radius 1 is 1.15 bits per heavy atom. The lowest BCUT2D eigenvalue weighted by atomic mass is 9.93. The Kier molecular flexibility index (Phi) is 7.76. The molecule has 2 saturated heterocycles. The maximum Gasteiger partial charge on any atom is 0.190 e. The lowest BCUT2D eigenvalue weighted by molar-refractivity contribution is -0.147. The molecule has 2 aliphatic heterocycles. The molecular weight excluding hydrogens is 451 g/mol. The van der Waals surface area contributed by atoms with Gasteiger partial charge in [0.05, 0.1) is 44.7 Å². The zero-order valence-electron chi connectivity index (χ0n) is 18.6. The summed E-state index contributed by atoms with van der Waals surface area (Å²) in [4.78, 5) is 0. The SMILES string of the molecule is CCOc1ccc(Cc2cc(C3CC(O)CC(CO)O3)c(OCC3(F)COC3)cc2Cl)cc1. The second kappa shape index (κ2) is 10.6. The van der Waals surface area contributed by atoms with E-state index in [1.54, 1.807) is 6.07 Å². The molecule has 0 bridgehead atoms. The predicted octanol–water partition coefficient (Wildman–Crippen LogP) is 4.02. The molecule has 2 heterocycles. The maximum atomic E-state index is 14.5. The van der Waals surface area contributed by atoms with Gasteiger partial charge in [-0.1, -0.05) is 23.7 Å². The lowest BCUT2D eigenvalue weighted by Crippen LogP contribution is -2.50. The van der Waals surface area contributed by atoms with Crippen LogP contribution in [0.5, 0.6) is 11.5 Å². The van der Waals surface area contributed by atoms with Crippen molar-refractivity contribution >= 4 is 11.6 Å². The molecule has 0 saturated carbocycles. The minimum Gasteiger partial charge on any atom is -0.494 e. The van der Waals surface area contributed by atoms with E-state index in [1.807, 2.05) is 37.3 Å². The Labute approximate surface area is 198 Å². The summed E-state index contributed by atoms with van der Waals surface area (Å²) in [5.74, 6) is 1.21. The molecule has 2 aromatic rings. The molecule has 6 nitrogen and oxygen atoms in total. The van der Waals surface area contributed by atoms with Gasteiger partial charge in [-0.3, -0.25) is 0 Å². The van der Waals surface area contributed by atoms with E-state index in [9.17, 15) is 14.6 Å². The van der Waals surface area contributed by atoms with Gasteiger partial charge < -0.3 is 29.2 Å². The molecule has 2 N–H and O–H groups in total. The maximum absolute atomic E-state index is 14.5. The lowest BCUT2D eigenvalue weighted by Gasteiger charge is -2.35. The largest absolute Gasteiger partial charge is 0.494 e. The molecule has 4 rings (SSSR count). The van der Waals surface area contributed by atoms with Gasteiger partial charge in [0.2, 0.25) is 0 Å². The van der Waals surface area contributed by atoms with Crippen molar-refractivity contribution in [2.45, 2.75) is 50.2 Å². The van der Waals surface area contributed by atoms with Crippen LogP contribution in [0.4, 0.5) is 4.39 Å². The highest BCUT2D eigenvalue weighted by atomic mass is 35.5. The molecule has 0 aromatic heterocycles. The van der Waals surface area contributed by atoms with E-state index >= 15 is 0 Å². The molecule has 0 aliphatic carbocycles. The van der Waals surface area contributed by atoms with Crippen LogP contribution in [-0.2, 0) is 15.9 Å². The Morgan fingerprint density at radius 2 is 1.91 bits per heavy atom. The number of aliphatic hydroxyl groups is 2. The van der Waals surface area contributed by atoms with Gasteiger partial charge in [0.1, 0.15) is 18.1 Å². The molecule has 0 amide bonds. The highest BCUT2D eigenvalue weighted by Crippen LogP contribution is 2.40. The summed E-state index contributed by atoms with van der Waals surface area (Å²) < 4.78 is 36.9. The first-order chi connectivity index (χ1) is 15.9. The molecular formula is C25H30ClFO6. The van der Waals surface area contributed by atoms with Gasteiger partial charge in [0.25, 0.3) is 0 Å². The number of benzene rings is 2. The fourth-order valence-corrected chi connectivity index (χ4v) is 4.36. The minimum absolute atomic E-state index is 0.00286. The normalized spacial score (nSPS) is 24.2. The van der Waals surface area contributed by atoms with Crippen LogP contribution in [0.25, 0.3) is 0 Å². The highest BCUT2D eigenvalue weighted by Gasteiger charge is 2.40. The molecule has 180 valence electrons. The zero-order valence-corrected chi connectivity index (χ0v) is 19.4. The highest BCUT2D eigenvalue weighted by molar-refractivity contribution is 6.31. The smallest absolute Gasteiger partial charge is 0.190 e. The Bertz CT molecular complexity index is 933. The van der Waals surface area contributed by atoms with Crippen molar-refractivity contribution in [3.63, 3.8) is 0 Å². The summed E-state index contributed by atoms with van der Waals surface area (Å²) in [6.45, 7) is 2.18. The Balaban J connectivity index is 1.61. The van der Waals surface area contributed by atoms with Crippen molar-refractivity contribution in [2.24, 2.45) is 0 Å². The van der Waals surface area contributed by atoms with Crippen LogP contribution in [0.2, 0.25) is 5.02 Å². The molecule has 0 radical (unpaired) electrons. The molecule has 0 spiro atoms. The second-order valence-corrected chi connectivity index (χ2v) is 9.13. The van der Waals surface area contributed by atoms with Crippen LogP contribution < -0.4 is 9.47 Å². The van der Waals surface area contributed by atoms with E-state index in [-0.39, 0.29) is 26.4 Å². The minimum atomic E-state index is -1.52. The van der Waals surface area contributed by atoms with Crippen molar-refractivity contribution in [2.75, 3.05) is 33.0 Å². The number of ether oxygens (including phenoxy) is 4.